The van der Waals surface area contributed by atoms with Crippen molar-refractivity contribution in [3.63, 3.8) is 0 Å². The maximum Gasteiger partial charge on any atom is 0.333 e. The Balaban J connectivity index is 1.92. The third-order valence-corrected chi connectivity index (χ3v) is 4.97. The number of hydrogen-bond donors (Lipinski definition) is 1. The van der Waals surface area contributed by atoms with Gasteiger partial charge in [-0.15, -0.1) is 15.3 Å². The van der Waals surface area contributed by atoms with Crippen LogP contribution < -0.4 is 16.0 Å². The lowest BCUT2D eigenvalue weighted by molar-refractivity contribution is -0.0645. The molecule has 0 atom stereocenters. The van der Waals surface area contributed by atoms with Crippen LogP contribution in [0.15, 0.2) is 62.3 Å². The van der Waals surface area contributed by atoms with Gasteiger partial charge in [-0.2, -0.15) is 0 Å². The predicted molar refractivity (Wildman–Crippen MR) is 113 cm³/mol. The highest BCUT2D eigenvalue weighted by atomic mass is 16.7. The van der Waals surface area contributed by atoms with E-state index in [9.17, 15) is 24.3 Å². The Morgan fingerprint density at radius 2 is 1.52 bits per heavy atom. The van der Waals surface area contributed by atoms with Gasteiger partial charge in [-0.1, -0.05) is 18.2 Å². The number of azo groups is 1. The van der Waals surface area contributed by atoms with Crippen molar-refractivity contribution in [2.75, 3.05) is 7.11 Å². The molecule has 1 aliphatic heterocycles. The lowest BCUT2D eigenvalue weighted by Crippen LogP contribution is -2.36. The maximum absolute atomic E-state index is 12.8. The van der Waals surface area contributed by atoms with Crippen molar-refractivity contribution in [3.8, 4) is 17.4 Å². The van der Waals surface area contributed by atoms with Crippen molar-refractivity contribution < 1.29 is 24.3 Å². The number of aromatic nitrogens is 2. The molecule has 0 saturated carbocycles. The zero-order chi connectivity index (χ0) is 23.9. The molecule has 0 unspecified atom stereocenters. The van der Waals surface area contributed by atoms with Crippen LogP contribution in [-0.2, 0) is 18.9 Å². The van der Waals surface area contributed by atoms with Gasteiger partial charge in [-0.25, -0.2) is 4.79 Å². The average molecular weight is 451 g/mol. The van der Waals surface area contributed by atoms with Crippen LogP contribution in [0.2, 0.25) is 0 Å². The first-order chi connectivity index (χ1) is 15.8. The summed E-state index contributed by atoms with van der Waals surface area (Å²) in [5, 5.41) is 18.6. The van der Waals surface area contributed by atoms with Crippen molar-refractivity contribution in [3.05, 3.63) is 74.4 Å². The van der Waals surface area contributed by atoms with Crippen LogP contribution in [0.5, 0.6) is 17.4 Å². The first kappa shape index (κ1) is 21.6. The first-order valence-corrected chi connectivity index (χ1v) is 9.49. The number of carbonyl (C=O) groups excluding carboxylic acids is 2. The number of imide groups is 1. The van der Waals surface area contributed by atoms with Gasteiger partial charge >= 0.3 is 5.69 Å². The molecule has 0 fully saturated rings. The molecule has 0 bridgehead atoms. The minimum atomic E-state index is -0.904. The van der Waals surface area contributed by atoms with E-state index in [0.717, 1.165) is 16.2 Å². The molecule has 0 saturated heterocycles. The minimum Gasteiger partial charge on any atom is -0.493 e. The molecule has 1 aromatic heterocycles. The van der Waals surface area contributed by atoms with Gasteiger partial charge in [0.1, 0.15) is 11.4 Å². The zero-order valence-electron chi connectivity index (χ0n) is 17.7. The van der Waals surface area contributed by atoms with Crippen LogP contribution in [-0.4, -0.2) is 38.2 Å². The summed E-state index contributed by atoms with van der Waals surface area (Å²) in [6.07, 6.45) is 0. The molecule has 1 N–H and O–H groups in total. The van der Waals surface area contributed by atoms with E-state index in [1.807, 2.05) is 0 Å². The van der Waals surface area contributed by atoms with Gasteiger partial charge in [-0.3, -0.25) is 28.4 Å². The zero-order valence-corrected chi connectivity index (χ0v) is 17.7. The van der Waals surface area contributed by atoms with Crippen LogP contribution in [0, 0.1) is 0 Å². The number of carbonyl (C=O) groups is 2. The normalized spacial score (nSPS) is 13.1. The van der Waals surface area contributed by atoms with Gasteiger partial charge in [0.25, 0.3) is 17.4 Å². The van der Waals surface area contributed by atoms with E-state index >= 15 is 0 Å². The number of aromatic hydroxyl groups is 1. The van der Waals surface area contributed by atoms with Gasteiger partial charge in [0, 0.05) is 14.1 Å². The Morgan fingerprint density at radius 1 is 0.848 bits per heavy atom. The molecule has 2 heterocycles. The fourth-order valence-electron chi connectivity index (χ4n) is 3.24. The van der Waals surface area contributed by atoms with Crippen LogP contribution >= 0.6 is 0 Å². The Labute approximate surface area is 185 Å². The molecule has 0 spiro atoms. The average Bonchev–Trinajstić information content (AvgIpc) is 3.07. The van der Waals surface area contributed by atoms with E-state index in [-0.39, 0.29) is 22.6 Å². The second-order valence-corrected chi connectivity index (χ2v) is 6.92. The standard InChI is InChI=1S/C21H17N5O7/c1-24-19(29)16(20(30)25(2)21(24)31)23-22-15-13(33-11-7-5-4-6-8-11)10-9-12-14(15)18(28)26(32-3)17(12)27/h4-10,29H,1-3H3. The number of ether oxygens (including phenoxy) is 1. The molecule has 4 rings (SSSR count). The van der Waals surface area contributed by atoms with Crippen LogP contribution in [0.25, 0.3) is 0 Å². The Kier molecular flexibility index (Phi) is 5.35. The number of nitrogens with zero attached hydrogens (tertiary/aromatic N) is 5. The van der Waals surface area contributed by atoms with E-state index in [0.29, 0.717) is 10.8 Å². The second-order valence-electron chi connectivity index (χ2n) is 6.92. The summed E-state index contributed by atoms with van der Waals surface area (Å²) in [5.74, 6) is -1.76. The molecule has 12 heteroatoms. The predicted octanol–water partition coefficient (Wildman–Crippen LogP) is 2.15. The molecular weight excluding hydrogens is 434 g/mol. The molecule has 33 heavy (non-hydrogen) atoms. The Morgan fingerprint density at radius 3 is 2.18 bits per heavy atom. The quantitative estimate of drug-likeness (QED) is 0.462. The molecule has 1 aliphatic rings. The third kappa shape index (κ3) is 3.47. The molecule has 2 amide bonds. The molecule has 168 valence electrons. The first-order valence-electron chi connectivity index (χ1n) is 9.49. The highest BCUT2D eigenvalue weighted by Crippen LogP contribution is 2.41. The third-order valence-electron chi connectivity index (χ3n) is 4.97. The summed E-state index contributed by atoms with van der Waals surface area (Å²) < 4.78 is 7.38. The van der Waals surface area contributed by atoms with Crippen LogP contribution in [0.1, 0.15) is 20.7 Å². The van der Waals surface area contributed by atoms with E-state index in [1.165, 1.54) is 26.2 Å². The molecule has 3 aromatic rings. The number of para-hydroxylation sites is 1. The van der Waals surface area contributed by atoms with E-state index in [4.69, 9.17) is 9.57 Å². The van der Waals surface area contributed by atoms with Gasteiger partial charge in [0.05, 0.1) is 18.2 Å². The summed E-state index contributed by atoms with van der Waals surface area (Å²) in [7, 11) is 3.63. The second kappa shape index (κ2) is 8.16. The number of hydroxylamine groups is 2. The molecule has 12 nitrogen and oxygen atoms in total. The van der Waals surface area contributed by atoms with Crippen LogP contribution in [0.3, 0.4) is 0 Å². The molecule has 0 radical (unpaired) electrons. The largest absolute Gasteiger partial charge is 0.493 e. The van der Waals surface area contributed by atoms with Gasteiger partial charge in [0.2, 0.25) is 11.6 Å². The summed E-state index contributed by atoms with van der Waals surface area (Å²) >= 11 is 0. The SMILES string of the molecule is CON1C(=O)c2ccc(Oc3ccccc3)c(N=Nc3c(O)n(C)c(=O)n(C)c3=O)c2C1=O. The summed E-state index contributed by atoms with van der Waals surface area (Å²) in [6.45, 7) is 0. The topological polar surface area (TPSA) is 145 Å². The van der Waals surface area contributed by atoms with Crippen molar-refractivity contribution in [1.29, 1.82) is 0 Å². The van der Waals surface area contributed by atoms with E-state index in [2.05, 4.69) is 10.2 Å². The maximum atomic E-state index is 12.8. The Hall–Kier alpha value is -4.58. The fourth-order valence-corrected chi connectivity index (χ4v) is 3.24. The highest BCUT2D eigenvalue weighted by Gasteiger charge is 2.40. The molecule has 0 aliphatic carbocycles. The number of benzene rings is 2. The fraction of sp³-hybridized carbons (Fsp3) is 0.143. The summed E-state index contributed by atoms with van der Waals surface area (Å²) in [5.41, 5.74) is -2.53. The molecule has 2 aromatic carbocycles. The van der Waals surface area contributed by atoms with E-state index in [1.54, 1.807) is 30.3 Å². The summed E-state index contributed by atoms with van der Waals surface area (Å²) in [4.78, 5) is 54.6. The Bertz CT molecular complexity index is 1440. The van der Waals surface area contributed by atoms with Gasteiger partial charge < -0.3 is 9.84 Å². The van der Waals surface area contributed by atoms with Crippen molar-refractivity contribution >= 4 is 23.2 Å². The van der Waals surface area contributed by atoms with Crippen LogP contribution in [0.4, 0.5) is 11.4 Å². The lowest BCUT2D eigenvalue weighted by atomic mass is 10.1. The van der Waals surface area contributed by atoms with Crippen molar-refractivity contribution in [1.82, 2.24) is 14.2 Å². The van der Waals surface area contributed by atoms with Crippen molar-refractivity contribution in [2.24, 2.45) is 24.3 Å². The number of rotatable bonds is 5. The van der Waals surface area contributed by atoms with Gasteiger partial charge in [0.15, 0.2) is 5.75 Å². The van der Waals surface area contributed by atoms with E-state index < -0.39 is 34.6 Å². The lowest BCUT2D eigenvalue weighted by Gasteiger charge is -2.11. The number of hydrogen-bond acceptors (Lipinski definition) is 9. The smallest absolute Gasteiger partial charge is 0.333 e. The number of amides is 2. The van der Waals surface area contributed by atoms with Crippen molar-refractivity contribution in [2.45, 2.75) is 0 Å². The highest BCUT2D eigenvalue weighted by molar-refractivity contribution is 6.23. The monoisotopic (exact) mass is 451 g/mol. The minimum absolute atomic E-state index is 0.00574. The number of fused-ring (bicyclic) bond motifs is 1. The summed E-state index contributed by atoms with van der Waals surface area (Å²) in [6, 6.07) is 11.4. The van der Waals surface area contributed by atoms with Gasteiger partial charge in [-0.05, 0) is 24.3 Å². The molecular formula is C21H17N5O7.